The molecule has 0 aromatic carbocycles. The van der Waals surface area contributed by atoms with Crippen molar-refractivity contribution < 1.29 is 30.4 Å². The molecule has 0 amide bonds. The molecular weight excluding hydrogens is 259 g/mol. The maximum atomic E-state index is 12.7. The van der Waals surface area contributed by atoms with Gasteiger partial charge in [0, 0.05) is 12.7 Å². The summed E-state index contributed by atoms with van der Waals surface area (Å²) in [5.41, 5.74) is 1.50. The first kappa shape index (κ1) is 13.1. The first-order valence-electron chi connectivity index (χ1n) is 3.93. The van der Waals surface area contributed by atoms with E-state index in [1.54, 1.807) is 0 Å². The fraction of sp³-hybridized carbons (Fsp3) is 0.833. The lowest BCUT2D eigenvalue weighted by molar-refractivity contribution is -0.291. The van der Waals surface area contributed by atoms with Gasteiger partial charge in [0.25, 0.3) is 0 Å². The van der Waals surface area contributed by atoms with E-state index >= 15 is 0 Å². The van der Waals surface area contributed by atoms with Crippen LogP contribution in [0.4, 0.5) is 22.0 Å². The van der Waals surface area contributed by atoms with Gasteiger partial charge in [-0.2, -0.15) is 27.1 Å². The standard InChI is InChI=1S/C6H7F5N2O2S/c1-16(14,15)4-2-3(12-13-4)5(7,8)6(9,10)11/h3,12H,2H2,1H3. The summed E-state index contributed by atoms with van der Waals surface area (Å²) < 4.78 is 83.0. The molecular formula is C6H7F5N2O2S. The van der Waals surface area contributed by atoms with Crippen LogP contribution in [-0.2, 0) is 9.84 Å². The Labute approximate surface area is 87.4 Å². The predicted octanol–water partition coefficient (Wildman–Crippen LogP) is 0.904. The van der Waals surface area contributed by atoms with Crippen LogP contribution in [0.5, 0.6) is 0 Å². The molecule has 0 aliphatic carbocycles. The number of nitrogens with one attached hydrogen (secondary N) is 1. The minimum Gasteiger partial charge on any atom is -0.299 e. The Morgan fingerprint density at radius 1 is 1.31 bits per heavy atom. The van der Waals surface area contributed by atoms with Crippen LogP contribution < -0.4 is 5.43 Å². The Kier molecular flexibility index (Phi) is 2.90. The van der Waals surface area contributed by atoms with E-state index in [1.807, 2.05) is 0 Å². The molecule has 10 heteroatoms. The molecule has 16 heavy (non-hydrogen) atoms. The molecule has 1 unspecified atom stereocenters. The van der Waals surface area contributed by atoms with Crippen molar-refractivity contribution in [3.8, 4) is 0 Å². The van der Waals surface area contributed by atoms with Crippen LogP contribution in [0.25, 0.3) is 0 Å². The van der Waals surface area contributed by atoms with Crippen molar-refractivity contribution in [2.75, 3.05) is 6.26 Å². The van der Waals surface area contributed by atoms with E-state index in [-0.39, 0.29) is 0 Å². The van der Waals surface area contributed by atoms with Crippen LogP contribution in [0.15, 0.2) is 5.10 Å². The summed E-state index contributed by atoms with van der Waals surface area (Å²) in [6.45, 7) is 0. The molecule has 0 spiro atoms. The molecule has 1 heterocycles. The Morgan fingerprint density at radius 2 is 1.81 bits per heavy atom. The molecule has 0 saturated carbocycles. The summed E-state index contributed by atoms with van der Waals surface area (Å²) in [5.74, 6) is -5.02. The lowest BCUT2D eigenvalue weighted by Crippen LogP contribution is -2.51. The summed E-state index contributed by atoms with van der Waals surface area (Å²) in [7, 11) is -3.85. The zero-order valence-electron chi connectivity index (χ0n) is 7.85. The first-order valence-corrected chi connectivity index (χ1v) is 5.82. The fourth-order valence-corrected chi connectivity index (χ4v) is 1.74. The molecule has 0 bridgehead atoms. The average Bonchev–Trinajstić information content (AvgIpc) is 2.47. The molecule has 1 aliphatic rings. The Hall–Kier alpha value is -0.930. The number of nitrogens with zero attached hydrogens (tertiary/aromatic N) is 1. The van der Waals surface area contributed by atoms with E-state index in [2.05, 4.69) is 5.10 Å². The molecule has 0 aromatic heterocycles. The van der Waals surface area contributed by atoms with Gasteiger partial charge in [-0.1, -0.05) is 0 Å². The molecule has 0 fully saturated rings. The largest absolute Gasteiger partial charge is 0.455 e. The monoisotopic (exact) mass is 266 g/mol. The minimum atomic E-state index is -5.74. The molecule has 1 aliphatic heterocycles. The Bertz CT molecular complexity index is 413. The fourth-order valence-electron chi connectivity index (χ4n) is 1.06. The van der Waals surface area contributed by atoms with Gasteiger partial charge < -0.3 is 0 Å². The van der Waals surface area contributed by atoms with Crippen molar-refractivity contribution in [3.05, 3.63) is 0 Å². The second kappa shape index (κ2) is 3.54. The van der Waals surface area contributed by atoms with Gasteiger partial charge in [0.2, 0.25) is 0 Å². The van der Waals surface area contributed by atoms with Gasteiger partial charge in [-0.05, 0) is 0 Å². The number of hydrogen-bond acceptors (Lipinski definition) is 4. The van der Waals surface area contributed by atoms with E-state index < -0.39 is 39.4 Å². The van der Waals surface area contributed by atoms with Gasteiger partial charge in [-0.3, -0.25) is 5.43 Å². The van der Waals surface area contributed by atoms with E-state index in [0.717, 1.165) is 0 Å². The van der Waals surface area contributed by atoms with Crippen molar-refractivity contribution in [2.45, 2.75) is 24.6 Å². The van der Waals surface area contributed by atoms with E-state index in [0.29, 0.717) is 6.26 Å². The summed E-state index contributed by atoms with van der Waals surface area (Å²) in [5, 5.41) is 2.26. The molecule has 94 valence electrons. The quantitative estimate of drug-likeness (QED) is 0.717. The third kappa shape index (κ3) is 2.25. The van der Waals surface area contributed by atoms with Crippen molar-refractivity contribution in [3.63, 3.8) is 0 Å². The van der Waals surface area contributed by atoms with Crippen LogP contribution in [0.2, 0.25) is 0 Å². The number of hydrazone groups is 1. The number of rotatable bonds is 1. The summed E-state index contributed by atoms with van der Waals surface area (Å²) in [4.78, 5) is 0. The van der Waals surface area contributed by atoms with E-state index in [9.17, 15) is 30.4 Å². The lowest BCUT2D eigenvalue weighted by atomic mass is 10.1. The topological polar surface area (TPSA) is 58.5 Å². The molecule has 0 radical (unpaired) electrons. The summed E-state index contributed by atoms with van der Waals surface area (Å²) in [6, 6.07) is -2.38. The van der Waals surface area contributed by atoms with Crippen molar-refractivity contribution in [1.29, 1.82) is 0 Å². The highest BCUT2D eigenvalue weighted by Crippen LogP contribution is 2.40. The minimum absolute atomic E-state index is 0.682. The van der Waals surface area contributed by atoms with Crippen LogP contribution in [-0.4, -0.2) is 37.9 Å². The number of hydrogen-bond donors (Lipinski definition) is 1. The summed E-state index contributed by atoms with van der Waals surface area (Å²) in [6.07, 6.45) is -6.04. The molecule has 4 nitrogen and oxygen atoms in total. The lowest BCUT2D eigenvalue weighted by Gasteiger charge is -2.24. The van der Waals surface area contributed by atoms with Gasteiger partial charge in [0.05, 0.1) is 0 Å². The van der Waals surface area contributed by atoms with Gasteiger partial charge in [-0.25, -0.2) is 8.42 Å². The highest BCUT2D eigenvalue weighted by Gasteiger charge is 2.63. The van der Waals surface area contributed by atoms with Crippen molar-refractivity contribution in [1.82, 2.24) is 5.43 Å². The maximum Gasteiger partial charge on any atom is 0.455 e. The van der Waals surface area contributed by atoms with E-state index in [1.165, 1.54) is 5.43 Å². The van der Waals surface area contributed by atoms with Gasteiger partial charge >= 0.3 is 12.1 Å². The van der Waals surface area contributed by atoms with Crippen molar-refractivity contribution in [2.24, 2.45) is 5.10 Å². The second-order valence-electron chi connectivity index (χ2n) is 3.28. The number of alkyl halides is 5. The number of halogens is 5. The molecule has 0 saturated heterocycles. The van der Waals surface area contributed by atoms with Gasteiger partial charge in [-0.15, -0.1) is 0 Å². The van der Waals surface area contributed by atoms with Crippen LogP contribution in [0.3, 0.4) is 0 Å². The zero-order valence-corrected chi connectivity index (χ0v) is 8.66. The van der Waals surface area contributed by atoms with E-state index in [4.69, 9.17) is 0 Å². The second-order valence-corrected chi connectivity index (χ2v) is 5.30. The van der Waals surface area contributed by atoms with Gasteiger partial charge in [0.15, 0.2) is 14.9 Å². The SMILES string of the molecule is CS(=O)(=O)C1=NNC(C(F)(F)C(F)(F)F)C1. The van der Waals surface area contributed by atoms with Crippen molar-refractivity contribution >= 4 is 14.9 Å². The third-order valence-corrected chi connectivity index (χ3v) is 3.08. The van der Waals surface area contributed by atoms with Gasteiger partial charge in [0.1, 0.15) is 6.04 Å². The van der Waals surface area contributed by atoms with Crippen LogP contribution in [0, 0.1) is 0 Å². The molecule has 0 aromatic rings. The zero-order chi connectivity index (χ0) is 12.8. The third-order valence-electron chi connectivity index (χ3n) is 1.97. The first-order chi connectivity index (χ1) is 6.96. The molecule has 1 N–H and O–H groups in total. The number of sulfone groups is 1. The summed E-state index contributed by atoms with van der Waals surface area (Å²) >= 11 is 0. The normalized spacial score (nSPS) is 22.9. The predicted molar refractivity (Wildman–Crippen MR) is 44.8 cm³/mol. The average molecular weight is 266 g/mol. The molecule has 1 atom stereocenters. The Balaban J connectivity index is 2.86. The Morgan fingerprint density at radius 3 is 2.12 bits per heavy atom. The van der Waals surface area contributed by atoms with Crippen LogP contribution in [0.1, 0.15) is 6.42 Å². The smallest absolute Gasteiger partial charge is 0.299 e. The highest BCUT2D eigenvalue weighted by molar-refractivity contribution is 8.05. The highest BCUT2D eigenvalue weighted by atomic mass is 32.2. The maximum absolute atomic E-state index is 12.7. The van der Waals surface area contributed by atoms with Crippen LogP contribution >= 0.6 is 0 Å². The molecule has 1 rings (SSSR count).